The Bertz CT molecular complexity index is 392. The van der Waals surface area contributed by atoms with Gasteiger partial charge in [-0.25, -0.2) is 0 Å². The van der Waals surface area contributed by atoms with Gasteiger partial charge in [-0.15, -0.1) is 0 Å². The summed E-state index contributed by atoms with van der Waals surface area (Å²) in [6.07, 6.45) is 3.58. The van der Waals surface area contributed by atoms with E-state index in [0.29, 0.717) is 12.1 Å². The molecule has 0 heterocycles. The van der Waals surface area contributed by atoms with Gasteiger partial charge in [0.2, 0.25) is 0 Å². The van der Waals surface area contributed by atoms with Crippen LogP contribution in [0, 0.1) is 6.92 Å². The second-order valence-electron chi connectivity index (χ2n) is 4.93. The average Bonchev–Trinajstić information content (AvgIpc) is 2.74. The second kappa shape index (κ2) is 4.96. The summed E-state index contributed by atoms with van der Waals surface area (Å²) in [5.41, 5.74) is 8.54. The molecule has 1 aliphatic rings. The fourth-order valence-electron chi connectivity index (χ4n) is 2.72. The topological polar surface area (TPSA) is 38.5 Å². The largest absolute Gasteiger partial charge is 0.496 e. The first-order valence-corrected chi connectivity index (χ1v) is 6.26. The van der Waals surface area contributed by atoms with E-state index in [4.69, 9.17) is 10.5 Å². The van der Waals surface area contributed by atoms with Gasteiger partial charge in [-0.1, -0.05) is 0 Å². The molecule has 0 aliphatic heterocycles. The number of rotatable bonds is 3. The van der Waals surface area contributed by atoms with Crippen LogP contribution in [0.3, 0.4) is 0 Å². The van der Waals surface area contributed by atoms with Gasteiger partial charge in [-0.05, 0) is 49.9 Å². The minimum atomic E-state index is 0.308. The summed E-state index contributed by atoms with van der Waals surface area (Å²) in [5, 5.41) is 0. The predicted molar refractivity (Wildman–Crippen MR) is 71.7 cm³/mol. The number of anilines is 1. The van der Waals surface area contributed by atoms with Crippen LogP contribution in [0.4, 0.5) is 5.69 Å². The Labute approximate surface area is 104 Å². The summed E-state index contributed by atoms with van der Waals surface area (Å²) < 4.78 is 5.28. The molecule has 3 nitrogen and oxygen atoms in total. The van der Waals surface area contributed by atoms with Crippen LogP contribution >= 0.6 is 0 Å². The molecule has 0 radical (unpaired) electrons. The van der Waals surface area contributed by atoms with Gasteiger partial charge >= 0.3 is 0 Å². The number of hydrogen-bond donors (Lipinski definition) is 1. The van der Waals surface area contributed by atoms with Gasteiger partial charge < -0.3 is 15.4 Å². The van der Waals surface area contributed by atoms with Crippen molar-refractivity contribution in [1.29, 1.82) is 0 Å². The Morgan fingerprint density at radius 1 is 1.35 bits per heavy atom. The molecule has 0 bridgehead atoms. The predicted octanol–water partition coefficient (Wildman–Crippen LogP) is 2.32. The molecule has 1 aromatic carbocycles. The zero-order valence-corrected chi connectivity index (χ0v) is 10.9. The van der Waals surface area contributed by atoms with Crippen molar-refractivity contribution in [2.45, 2.75) is 38.3 Å². The fraction of sp³-hybridized carbons (Fsp3) is 0.571. The molecule has 0 aromatic heterocycles. The van der Waals surface area contributed by atoms with Crippen LogP contribution in [0.5, 0.6) is 5.75 Å². The van der Waals surface area contributed by atoms with Crippen molar-refractivity contribution in [2.75, 3.05) is 19.1 Å². The van der Waals surface area contributed by atoms with E-state index < -0.39 is 0 Å². The molecular formula is C14H22N2O. The van der Waals surface area contributed by atoms with Crippen LogP contribution in [0.25, 0.3) is 0 Å². The van der Waals surface area contributed by atoms with Gasteiger partial charge in [0.15, 0.2) is 0 Å². The van der Waals surface area contributed by atoms with Crippen LogP contribution in [0.15, 0.2) is 18.2 Å². The summed E-state index contributed by atoms with van der Waals surface area (Å²) in [6.45, 7) is 2.07. The molecule has 1 aromatic rings. The SMILES string of the molecule is COc1ccc(N(C)C2CCCC2N)cc1C. The third-order valence-corrected chi connectivity index (χ3v) is 3.81. The van der Waals surface area contributed by atoms with Gasteiger partial charge in [-0.3, -0.25) is 0 Å². The Balaban J connectivity index is 2.19. The van der Waals surface area contributed by atoms with Crippen molar-refractivity contribution in [3.05, 3.63) is 23.8 Å². The lowest BCUT2D eigenvalue weighted by Crippen LogP contribution is -2.42. The molecule has 1 aliphatic carbocycles. The lowest BCUT2D eigenvalue weighted by molar-refractivity contribution is 0.411. The van der Waals surface area contributed by atoms with Crippen molar-refractivity contribution in [1.82, 2.24) is 0 Å². The minimum Gasteiger partial charge on any atom is -0.496 e. The maximum Gasteiger partial charge on any atom is 0.121 e. The Hall–Kier alpha value is -1.22. The van der Waals surface area contributed by atoms with E-state index in [0.717, 1.165) is 12.2 Å². The Morgan fingerprint density at radius 2 is 2.12 bits per heavy atom. The van der Waals surface area contributed by atoms with Crippen molar-refractivity contribution in [3.63, 3.8) is 0 Å². The monoisotopic (exact) mass is 234 g/mol. The van der Waals surface area contributed by atoms with Crippen molar-refractivity contribution < 1.29 is 4.74 Å². The molecule has 2 unspecified atom stereocenters. The maximum absolute atomic E-state index is 6.15. The van der Waals surface area contributed by atoms with Crippen LogP contribution < -0.4 is 15.4 Å². The van der Waals surface area contributed by atoms with E-state index in [2.05, 4.69) is 31.0 Å². The van der Waals surface area contributed by atoms with E-state index >= 15 is 0 Å². The lowest BCUT2D eigenvalue weighted by atomic mass is 10.1. The van der Waals surface area contributed by atoms with E-state index in [1.807, 2.05) is 6.07 Å². The van der Waals surface area contributed by atoms with Gasteiger partial charge in [0, 0.05) is 24.8 Å². The Morgan fingerprint density at radius 3 is 2.65 bits per heavy atom. The molecule has 2 rings (SSSR count). The molecule has 0 saturated heterocycles. The standard InChI is InChI=1S/C14H22N2O/c1-10-9-11(7-8-14(10)17-3)16(2)13-6-4-5-12(13)15/h7-9,12-13H,4-6,15H2,1-3H3. The summed E-state index contributed by atoms with van der Waals surface area (Å²) in [5.74, 6) is 0.942. The summed E-state index contributed by atoms with van der Waals surface area (Å²) in [4.78, 5) is 2.31. The third-order valence-electron chi connectivity index (χ3n) is 3.81. The van der Waals surface area contributed by atoms with Crippen molar-refractivity contribution in [3.8, 4) is 5.75 Å². The number of nitrogens with two attached hydrogens (primary N) is 1. The highest BCUT2D eigenvalue weighted by atomic mass is 16.5. The van der Waals surface area contributed by atoms with E-state index in [-0.39, 0.29) is 0 Å². The highest BCUT2D eigenvalue weighted by molar-refractivity contribution is 5.53. The summed E-state index contributed by atoms with van der Waals surface area (Å²) in [7, 11) is 3.84. The molecule has 0 spiro atoms. The number of nitrogens with zero attached hydrogens (tertiary/aromatic N) is 1. The van der Waals surface area contributed by atoms with Gasteiger partial charge in [-0.2, -0.15) is 0 Å². The first-order chi connectivity index (χ1) is 8.13. The molecular weight excluding hydrogens is 212 g/mol. The molecule has 1 saturated carbocycles. The smallest absolute Gasteiger partial charge is 0.121 e. The van der Waals surface area contributed by atoms with Crippen molar-refractivity contribution >= 4 is 5.69 Å². The van der Waals surface area contributed by atoms with Crippen LogP contribution in [0.2, 0.25) is 0 Å². The second-order valence-corrected chi connectivity index (χ2v) is 4.93. The highest BCUT2D eigenvalue weighted by Gasteiger charge is 2.27. The van der Waals surface area contributed by atoms with Gasteiger partial charge in [0.25, 0.3) is 0 Å². The molecule has 2 N–H and O–H groups in total. The summed E-state index contributed by atoms with van der Waals surface area (Å²) in [6, 6.07) is 7.09. The highest BCUT2D eigenvalue weighted by Crippen LogP contribution is 2.29. The molecule has 94 valence electrons. The normalized spacial score (nSPS) is 23.8. The Kier molecular flexibility index (Phi) is 3.57. The maximum atomic E-state index is 6.15. The molecule has 0 amide bonds. The van der Waals surface area contributed by atoms with E-state index in [1.54, 1.807) is 7.11 Å². The minimum absolute atomic E-state index is 0.308. The van der Waals surface area contributed by atoms with Gasteiger partial charge in [0.05, 0.1) is 7.11 Å². The van der Waals surface area contributed by atoms with Crippen LogP contribution in [-0.2, 0) is 0 Å². The van der Waals surface area contributed by atoms with Crippen LogP contribution in [-0.4, -0.2) is 26.2 Å². The lowest BCUT2D eigenvalue weighted by Gasteiger charge is -2.30. The van der Waals surface area contributed by atoms with E-state index in [9.17, 15) is 0 Å². The van der Waals surface area contributed by atoms with Gasteiger partial charge in [0.1, 0.15) is 5.75 Å². The number of hydrogen-bond acceptors (Lipinski definition) is 3. The first-order valence-electron chi connectivity index (χ1n) is 6.26. The molecule has 1 fully saturated rings. The van der Waals surface area contributed by atoms with Crippen LogP contribution in [0.1, 0.15) is 24.8 Å². The molecule has 2 atom stereocenters. The quantitative estimate of drug-likeness (QED) is 0.872. The zero-order valence-electron chi connectivity index (χ0n) is 10.9. The molecule has 17 heavy (non-hydrogen) atoms. The number of ether oxygens (including phenoxy) is 1. The number of aryl methyl sites for hydroxylation is 1. The summed E-state index contributed by atoms with van der Waals surface area (Å²) >= 11 is 0. The average molecular weight is 234 g/mol. The third kappa shape index (κ3) is 2.39. The zero-order chi connectivity index (χ0) is 12.4. The van der Waals surface area contributed by atoms with Crippen molar-refractivity contribution in [2.24, 2.45) is 5.73 Å². The number of likely N-dealkylation sites (N-methyl/N-ethyl adjacent to an activating group) is 1. The number of benzene rings is 1. The first kappa shape index (κ1) is 12.2. The molecule has 3 heteroatoms. The fourth-order valence-corrected chi connectivity index (χ4v) is 2.72. The van der Waals surface area contributed by atoms with E-state index in [1.165, 1.54) is 24.1 Å². The number of methoxy groups -OCH3 is 1.